The van der Waals surface area contributed by atoms with Gasteiger partial charge in [0.25, 0.3) is 0 Å². The number of aryl methyl sites for hydroxylation is 1. The van der Waals surface area contributed by atoms with E-state index in [-0.39, 0.29) is 18.2 Å². The molecule has 11 heteroatoms. The molecule has 24 heavy (non-hydrogen) atoms. The molecule has 2 heterocycles. The molecule has 0 saturated carbocycles. The number of benzene rings is 1. The van der Waals surface area contributed by atoms with Crippen molar-refractivity contribution in [2.75, 3.05) is 13.1 Å². The number of hydrogen-bond acceptors (Lipinski definition) is 5. The van der Waals surface area contributed by atoms with Crippen molar-refractivity contribution in [3.63, 3.8) is 0 Å². The first-order chi connectivity index (χ1) is 11.2. The van der Waals surface area contributed by atoms with E-state index in [4.69, 9.17) is 0 Å². The fourth-order valence-corrected chi connectivity index (χ4v) is 5.98. The third-order valence-electron chi connectivity index (χ3n) is 3.80. The lowest BCUT2D eigenvalue weighted by Gasteiger charge is -2.37. The zero-order valence-corrected chi connectivity index (χ0v) is 14.1. The second-order valence-electron chi connectivity index (χ2n) is 5.36. The number of sulfonamides is 1. The molecule has 2 aromatic rings. The fraction of sp³-hybridized carbons (Fsp3) is 0.308. The molecule has 0 N–H and O–H groups in total. The molecular weight excluding hydrogens is 364 g/mol. The van der Waals surface area contributed by atoms with E-state index < -0.39 is 41.6 Å². The molecule has 1 fully saturated rings. The standard InChI is InChI=1S/C13H13F2N3O4S2/c1-17-6-5-16-13(17)23(19,20)9-7-18(8-9)24(21,22)12-10(14)3-2-4-11(12)15/h2-6,9H,7-8H2,1H3. The van der Waals surface area contributed by atoms with Crippen LogP contribution in [0.2, 0.25) is 0 Å². The van der Waals surface area contributed by atoms with Gasteiger partial charge in [-0.2, -0.15) is 4.31 Å². The van der Waals surface area contributed by atoms with Crippen LogP contribution in [0.5, 0.6) is 0 Å². The lowest BCUT2D eigenvalue weighted by atomic mass is 10.3. The van der Waals surface area contributed by atoms with Crippen molar-refractivity contribution < 1.29 is 25.6 Å². The van der Waals surface area contributed by atoms with Gasteiger partial charge in [0, 0.05) is 32.5 Å². The van der Waals surface area contributed by atoms with Crippen LogP contribution in [0.1, 0.15) is 0 Å². The Kier molecular flexibility index (Phi) is 3.97. The number of rotatable bonds is 4. The molecule has 0 spiro atoms. The van der Waals surface area contributed by atoms with Crippen molar-refractivity contribution in [3.8, 4) is 0 Å². The third-order valence-corrected chi connectivity index (χ3v) is 7.76. The third kappa shape index (κ3) is 2.52. The monoisotopic (exact) mass is 377 g/mol. The van der Waals surface area contributed by atoms with Gasteiger partial charge in [-0.25, -0.2) is 30.6 Å². The first-order valence-corrected chi connectivity index (χ1v) is 9.79. The van der Waals surface area contributed by atoms with Crippen molar-refractivity contribution in [3.05, 3.63) is 42.2 Å². The molecule has 7 nitrogen and oxygen atoms in total. The first-order valence-electron chi connectivity index (χ1n) is 6.81. The number of sulfone groups is 1. The van der Waals surface area contributed by atoms with Crippen molar-refractivity contribution in [2.24, 2.45) is 7.05 Å². The van der Waals surface area contributed by atoms with E-state index in [1.807, 2.05) is 0 Å². The Morgan fingerprint density at radius 2 is 1.71 bits per heavy atom. The summed E-state index contributed by atoms with van der Waals surface area (Å²) in [7, 11) is -6.77. The molecule has 0 radical (unpaired) electrons. The molecule has 0 bridgehead atoms. The Hall–Kier alpha value is -1.85. The summed E-state index contributed by atoms with van der Waals surface area (Å²) in [6.45, 7) is -0.767. The van der Waals surface area contributed by atoms with Crippen molar-refractivity contribution in [1.82, 2.24) is 13.9 Å². The highest BCUT2D eigenvalue weighted by atomic mass is 32.2. The molecule has 130 valence electrons. The molecule has 1 aromatic carbocycles. The first kappa shape index (κ1) is 17.0. The van der Waals surface area contributed by atoms with E-state index in [0.29, 0.717) is 0 Å². The minimum absolute atomic E-state index is 0.179. The van der Waals surface area contributed by atoms with Gasteiger partial charge < -0.3 is 4.57 Å². The molecule has 0 aliphatic carbocycles. The maximum absolute atomic E-state index is 13.7. The Morgan fingerprint density at radius 1 is 1.12 bits per heavy atom. The number of hydrogen-bond donors (Lipinski definition) is 0. The van der Waals surface area contributed by atoms with E-state index in [1.165, 1.54) is 24.0 Å². The molecular formula is C13H13F2N3O4S2. The Bertz CT molecular complexity index is 976. The van der Waals surface area contributed by atoms with Crippen molar-refractivity contribution in [1.29, 1.82) is 0 Å². The Balaban J connectivity index is 1.85. The van der Waals surface area contributed by atoms with Crippen LogP contribution in [-0.2, 0) is 26.9 Å². The summed E-state index contributed by atoms with van der Waals surface area (Å²) in [6, 6.07) is 2.71. The molecule has 0 atom stereocenters. The number of imidazole rings is 1. The van der Waals surface area contributed by atoms with E-state index in [2.05, 4.69) is 4.98 Å². The van der Waals surface area contributed by atoms with Gasteiger partial charge in [0.05, 0.1) is 5.25 Å². The number of aromatic nitrogens is 2. The quantitative estimate of drug-likeness (QED) is 0.776. The zero-order chi connectivity index (χ0) is 17.7. The Morgan fingerprint density at radius 3 is 2.21 bits per heavy atom. The van der Waals surface area contributed by atoms with Gasteiger partial charge in [-0.1, -0.05) is 6.07 Å². The molecule has 1 aliphatic rings. The highest BCUT2D eigenvalue weighted by molar-refractivity contribution is 7.92. The zero-order valence-electron chi connectivity index (χ0n) is 12.4. The summed E-state index contributed by atoms with van der Waals surface area (Å²) in [5.74, 6) is -2.43. The van der Waals surface area contributed by atoms with Crippen LogP contribution in [-0.4, -0.2) is 49.0 Å². The van der Waals surface area contributed by atoms with Gasteiger partial charge in [0.15, 0.2) is 4.90 Å². The molecule has 1 aromatic heterocycles. The van der Waals surface area contributed by atoms with Gasteiger partial charge in [0.2, 0.25) is 25.0 Å². The van der Waals surface area contributed by atoms with E-state index in [0.717, 1.165) is 22.5 Å². The lowest BCUT2D eigenvalue weighted by molar-refractivity contribution is 0.305. The summed E-state index contributed by atoms with van der Waals surface area (Å²) >= 11 is 0. The van der Waals surface area contributed by atoms with Crippen LogP contribution in [0.15, 0.2) is 40.6 Å². The average Bonchev–Trinajstić information content (AvgIpc) is 2.82. The van der Waals surface area contributed by atoms with Crippen molar-refractivity contribution >= 4 is 19.9 Å². The van der Waals surface area contributed by atoms with Gasteiger partial charge in [-0.05, 0) is 12.1 Å². The second kappa shape index (κ2) is 5.60. The van der Waals surface area contributed by atoms with Gasteiger partial charge in [-0.15, -0.1) is 0 Å². The van der Waals surface area contributed by atoms with Crippen molar-refractivity contribution in [2.45, 2.75) is 15.3 Å². The predicted octanol–water partition coefficient (Wildman–Crippen LogP) is 0.545. The Labute approximate surface area is 137 Å². The van der Waals surface area contributed by atoms with Crippen LogP contribution >= 0.6 is 0 Å². The smallest absolute Gasteiger partial charge is 0.249 e. The van der Waals surface area contributed by atoms with E-state index in [9.17, 15) is 25.6 Å². The van der Waals surface area contributed by atoms with Gasteiger partial charge in [0.1, 0.15) is 11.6 Å². The topological polar surface area (TPSA) is 89.3 Å². The highest BCUT2D eigenvalue weighted by Gasteiger charge is 2.46. The largest absolute Gasteiger partial charge is 0.325 e. The van der Waals surface area contributed by atoms with Crippen LogP contribution in [0, 0.1) is 11.6 Å². The summed E-state index contributed by atoms with van der Waals surface area (Å²) in [5, 5.41) is -1.19. The summed E-state index contributed by atoms with van der Waals surface area (Å²) in [4.78, 5) is 2.68. The van der Waals surface area contributed by atoms with E-state index in [1.54, 1.807) is 0 Å². The summed E-state index contributed by atoms with van der Waals surface area (Å²) < 4.78 is 78.8. The summed E-state index contributed by atoms with van der Waals surface area (Å²) in [6.07, 6.45) is 2.77. The average molecular weight is 377 g/mol. The normalized spacial score (nSPS) is 17.0. The maximum atomic E-state index is 13.7. The molecule has 0 unspecified atom stereocenters. The van der Waals surface area contributed by atoms with Crippen LogP contribution < -0.4 is 0 Å². The SMILES string of the molecule is Cn1ccnc1S(=O)(=O)C1CN(S(=O)(=O)c2c(F)cccc2F)C1. The minimum Gasteiger partial charge on any atom is -0.325 e. The maximum Gasteiger partial charge on any atom is 0.249 e. The molecule has 1 aliphatic heterocycles. The predicted molar refractivity (Wildman–Crippen MR) is 79.3 cm³/mol. The molecule has 1 saturated heterocycles. The summed E-state index contributed by atoms with van der Waals surface area (Å²) in [5.41, 5.74) is 0. The minimum atomic E-state index is -4.44. The fourth-order valence-electron chi connectivity index (χ4n) is 2.43. The van der Waals surface area contributed by atoms with Gasteiger partial charge >= 0.3 is 0 Å². The number of halogens is 2. The number of nitrogens with zero attached hydrogens (tertiary/aromatic N) is 3. The van der Waals surface area contributed by atoms with E-state index >= 15 is 0 Å². The second-order valence-corrected chi connectivity index (χ2v) is 9.36. The van der Waals surface area contributed by atoms with Crippen LogP contribution in [0.3, 0.4) is 0 Å². The highest BCUT2D eigenvalue weighted by Crippen LogP contribution is 2.30. The molecule has 0 amide bonds. The lowest BCUT2D eigenvalue weighted by Crippen LogP contribution is -2.57. The van der Waals surface area contributed by atoms with Crippen LogP contribution in [0.25, 0.3) is 0 Å². The van der Waals surface area contributed by atoms with Gasteiger partial charge in [-0.3, -0.25) is 0 Å². The molecule has 3 rings (SSSR count). The van der Waals surface area contributed by atoms with Crippen LogP contribution in [0.4, 0.5) is 8.78 Å².